The maximum absolute atomic E-state index is 12.3. The van der Waals surface area contributed by atoms with E-state index in [4.69, 9.17) is 0 Å². The second-order valence-corrected chi connectivity index (χ2v) is 5.29. The Hall–Kier alpha value is -1.54. The van der Waals surface area contributed by atoms with Gasteiger partial charge in [0, 0.05) is 31.9 Å². The molecule has 7 nitrogen and oxygen atoms in total. The minimum atomic E-state index is -0.248. The first-order valence-electron chi connectivity index (χ1n) is 7.11. The van der Waals surface area contributed by atoms with Crippen LogP contribution in [0.25, 0.3) is 11.0 Å². The number of benzene rings is 1. The van der Waals surface area contributed by atoms with Crippen molar-refractivity contribution < 1.29 is 4.79 Å². The quantitative estimate of drug-likeness (QED) is 0.654. The lowest BCUT2D eigenvalue weighted by Gasteiger charge is -2.31. The van der Waals surface area contributed by atoms with Crippen molar-refractivity contribution in [1.29, 1.82) is 0 Å². The lowest BCUT2D eigenvalue weighted by atomic mass is 10.2. The lowest BCUT2D eigenvalue weighted by Crippen LogP contribution is -2.51. The summed E-state index contributed by atoms with van der Waals surface area (Å²) in [6.07, 6.45) is 0. The Labute approximate surface area is 146 Å². The number of halogens is 2. The van der Waals surface area contributed by atoms with Crippen molar-refractivity contribution >= 4 is 47.4 Å². The van der Waals surface area contributed by atoms with E-state index in [0.717, 1.165) is 31.7 Å². The van der Waals surface area contributed by atoms with Crippen LogP contribution in [0.3, 0.4) is 0 Å². The van der Waals surface area contributed by atoms with Crippen molar-refractivity contribution in [3.8, 4) is 0 Å². The minimum Gasteiger partial charge on any atom is -0.325 e. The largest absolute Gasteiger partial charge is 0.325 e. The van der Waals surface area contributed by atoms with Gasteiger partial charge in [0.2, 0.25) is 5.91 Å². The van der Waals surface area contributed by atoms with Crippen molar-refractivity contribution in [2.45, 2.75) is 13.0 Å². The van der Waals surface area contributed by atoms with Gasteiger partial charge in [-0.1, -0.05) is 0 Å². The first-order valence-corrected chi connectivity index (χ1v) is 7.11. The van der Waals surface area contributed by atoms with Crippen LogP contribution < -0.4 is 16.3 Å². The Kier molecular flexibility index (Phi) is 7.08. The van der Waals surface area contributed by atoms with Crippen molar-refractivity contribution in [2.24, 2.45) is 0 Å². The number of fused-ring (bicyclic) bond motifs is 1. The lowest BCUT2D eigenvalue weighted by molar-refractivity contribution is -0.120. The number of aromatic nitrogens is 2. The molecule has 1 aliphatic rings. The van der Waals surface area contributed by atoms with Crippen LogP contribution in [0.4, 0.5) is 5.69 Å². The fraction of sp³-hybridized carbons (Fsp3) is 0.429. The highest BCUT2D eigenvalue weighted by molar-refractivity contribution is 5.96. The summed E-state index contributed by atoms with van der Waals surface area (Å²) in [5.74, 6) is -0.0332. The molecule has 1 saturated heterocycles. The summed E-state index contributed by atoms with van der Waals surface area (Å²) in [5.41, 5.74) is 1.85. The number of piperazine rings is 1. The number of hydrogen-bond donors (Lipinski definition) is 4. The standard InChI is InChI=1S/C14H19N5O2.2ClH/c1-9(19-6-4-15-5-7-19)13(20)16-10-2-3-11-12(8-10)18-14(21)17-11;;/h2-3,8-9,15H,4-7H2,1H3,(H,16,20)(H2,17,18,21);2*1H. The van der Waals surface area contributed by atoms with E-state index in [-0.39, 0.29) is 42.5 Å². The minimum absolute atomic E-state index is 0. The molecule has 1 unspecified atom stereocenters. The molecule has 128 valence electrons. The molecule has 0 aliphatic carbocycles. The number of nitrogens with zero attached hydrogens (tertiary/aromatic N) is 1. The topological polar surface area (TPSA) is 93.0 Å². The van der Waals surface area contributed by atoms with Gasteiger partial charge in [0.15, 0.2) is 0 Å². The highest BCUT2D eigenvalue weighted by Gasteiger charge is 2.22. The molecule has 1 aromatic heterocycles. The van der Waals surface area contributed by atoms with E-state index in [9.17, 15) is 9.59 Å². The third-order valence-electron chi connectivity index (χ3n) is 3.86. The van der Waals surface area contributed by atoms with Crippen molar-refractivity contribution in [1.82, 2.24) is 20.2 Å². The summed E-state index contributed by atoms with van der Waals surface area (Å²) >= 11 is 0. The van der Waals surface area contributed by atoms with Gasteiger partial charge in [0.05, 0.1) is 17.1 Å². The number of nitrogens with one attached hydrogen (secondary N) is 4. The average Bonchev–Trinajstić information content (AvgIpc) is 2.86. The molecule has 1 aliphatic heterocycles. The second kappa shape index (κ2) is 8.35. The Morgan fingerprint density at radius 2 is 1.83 bits per heavy atom. The summed E-state index contributed by atoms with van der Waals surface area (Å²) in [6.45, 7) is 5.48. The molecular formula is C14H21Cl2N5O2. The molecule has 1 aromatic carbocycles. The Morgan fingerprint density at radius 1 is 1.17 bits per heavy atom. The number of amides is 1. The number of imidazole rings is 1. The molecule has 1 amide bonds. The maximum atomic E-state index is 12.3. The molecule has 1 fully saturated rings. The van der Waals surface area contributed by atoms with Gasteiger partial charge >= 0.3 is 5.69 Å². The molecular weight excluding hydrogens is 341 g/mol. The van der Waals surface area contributed by atoms with Crippen LogP contribution in [0.1, 0.15) is 6.92 Å². The smallest absolute Gasteiger partial charge is 0.323 e. The van der Waals surface area contributed by atoms with E-state index in [1.165, 1.54) is 0 Å². The van der Waals surface area contributed by atoms with Crippen LogP contribution in [-0.4, -0.2) is 53.0 Å². The molecule has 3 rings (SSSR count). The number of carbonyl (C=O) groups excluding carboxylic acids is 1. The number of hydrogen-bond acceptors (Lipinski definition) is 4. The summed E-state index contributed by atoms with van der Waals surface area (Å²) in [7, 11) is 0. The van der Waals surface area contributed by atoms with Crippen molar-refractivity contribution in [3.05, 3.63) is 28.7 Å². The predicted molar refractivity (Wildman–Crippen MR) is 95.9 cm³/mol. The van der Waals surface area contributed by atoms with Gasteiger partial charge in [-0.25, -0.2) is 4.79 Å². The molecule has 0 saturated carbocycles. The van der Waals surface area contributed by atoms with Gasteiger partial charge in [-0.05, 0) is 25.1 Å². The maximum Gasteiger partial charge on any atom is 0.323 e. The predicted octanol–water partition coefficient (Wildman–Crippen LogP) is 0.932. The Bertz CT molecular complexity index is 709. The fourth-order valence-electron chi connectivity index (χ4n) is 2.59. The van der Waals surface area contributed by atoms with Gasteiger partial charge in [-0.2, -0.15) is 0 Å². The molecule has 23 heavy (non-hydrogen) atoms. The fourth-order valence-corrected chi connectivity index (χ4v) is 2.59. The first-order chi connectivity index (χ1) is 10.1. The van der Waals surface area contributed by atoms with Crippen LogP contribution in [-0.2, 0) is 4.79 Å². The van der Waals surface area contributed by atoms with Crippen LogP contribution >= 0.6 is 24.8 Å². The summed E-state index contributed by atoms with van der Waals surface area (Å²) < 4.78 is 0. The zero-order valence-electron chi connectivity index (χ0n) is 12.7. The number of carbonyl (C=O) groups is 1. The zero-order chi connectivity index (χ0) is 14.8. The van der Waals surface area contributed by atoms with E-state index >= 15 is 0 Å². The normalized spacial score (nSPS) is 16.2. The van der Waals surface area contributed by atoms with Crippen LogP contribution in [0.2, 0.25) is 0 Å². The highest BCUT2D eigenvalue weighted by atomic mass is 35.5. The number of rotatable bonds is 3. The third kappa shape index (κ3) is 4.48. The SMILES string of the molecule is CC(C(=O)Nc1ccc2[nH]c(=O)[nH]c2c1)N1CCNCC1.Cl.Cl. The number of anilines is 1. The molecule has 0 spiro atoms. The van der Waals surface area contributed by atoms with E-state index < -0.39 is 0 Å². The van der Waals surface area contributed by atoms with Crippen molar-refractivity contribution in [2.75, 3.05) is 31.5 Å². The molecule has 1 atom stereocenters. The average molecular weight is 362 g/mol. The number of aromatic amines is 2. The zero-order valence-corrected chi connectivity index (χ0v) is 14.4. The Morgan fingerprint density at radius 3 is 2.52 bits per heavy atom. The highest BCUT2D eigenvalue weighted by Crippen LogP contribution is 2.15. The van der Waals surface area contributed by atoms with E-state index in [1.54, 1.807) is 18.2 Å². The van der Waals surface area contributed by atoms with Gasteiger partial charge in [0.25, 0.3) is 0 Å². The molecule has 2 aromatic rings. The molecule has 2 heterocycles. The van der Waals surface area contributed by atoms with Gasteiger partial charge in [-0.15, -0.1) is 24.8 Å². The molecule has 4 N–H and O–H groups in total. The van der Waals surface area contributed by atoms with Gasteiger partial charge in [0.1, 0.15) is 0 Å². The number of H-pyrrole nitrogens is 2. The van der Waals surface area contributed by atoms with E-state index in [1.807, 2.05) is 6.92 Å². The summed E-state index contributed by atoms with van der Waals surface area (Å²) in [5, 5.41) is 6.17. The van der Waals surface area contributed by atoms with E-state index in [0.29, 0.717) is 11.2 Å². The van der Waals surface area contributed by atoms with Crippen LogP contribution in [0.15, 0.2) is 23.0 Å². The molecule has 0 radical (unpaired) electrons. The molecule has 0 bridgehead atoms. The summed E-state index contributed by atoms with van der Waals surface area (Å²) in [6, 6.07) is 5.15. The molecule has 9 heteroatoms. The van der Waals surface area contributed by atoms with Crippen molar-refractivity contribution in [3.63, 3.8) is 0 Å². The second-order valence-electron chi connectivity index (χ2n) is 5.29. The van der Waals surface area contributed by atoms with E-state index in [2.05, 4.69) is 25.5 Å². The Balaban J connectivity index is 0.00000132. The van der Waals surface area contributed by atoms with Gasteiger partial charge < -0.3 is 20.6 Å². The van der Waals surface area contributed by atoms with Crippen LogP contribution in [0, 0.1) is 0 Å². The first kappa shape index (κ1) is 19.5. The monoisotopic (exact) mass is 361 g/mol. The van der Waals surface area contributed by atoms with Gasteiger partial charge in [-0.3, -0.25) is 9.69 Å². The third-order valence-corrected chi connectivity index (χ3v) is 3.86. The van der Waals surface area contributed by atoms with Crippen LogP contribution in [0.5, 0.6) is 0 Å². The summed E-state index contributed by atoms with van der Waals surface area (Å²) in [4.78, 5) is 31.0.